The van der Waals surface area contributed by atoms with E-state index in [9.17, 15) is 24.3 Å². The predicted molar refractivity (Wildman–Crippen MR) is 201 cm³/mol. The summed E-state index contributed by atoms with van der Waals surface area (Å²) in [5.41, 5.74) is 1.26. The van der Waals surface area contributed by atoms with Crippen molar-refractivity contribution in [2.24, 2.45) is 0 Å². The lowest BCUT2D eigenvalue weighted by molar-refractivity contribution is 0.108. The number of nitrogens with one attached hydrogen (secondary N) is 1. The van der Waals surface area contributed by atoms with Crippen molar-refractivity contribution in [2.75, 3.05) is 50.6 Å². The van der Waals surface area contributed by atoms with E-state index in [1.165, 1.54) is 21.7 Å². The van der Waals surface area contributed by atoms with E-state index in [2.05, 4.69) is 20.3 Å². The quantitative estimate of drug-likeness (QED) is 0.176. The van der Waals surface area contributed by atoms with Crippen LogP contribution >= 0.6 is 22.9 Å². The van der Waals surface area contributed by atoms with Gasteiger partial charge < -0.3 is 19.6 Å². The molecular formula is C37H33ClF3N9O4S. The first-order chi connectivity index (χ1) is 26.4. The lowest BCUT2D eigenvalue weighted by atomic mass is 9.94. The minimum atomic E-state index is -1.45. The first kappa shape index (κ1) is 36.5. The molecule has 2 saturated heterocycles. The topological polar surface area (TPSA) is 153 Å². The van der Waals surface area contributed by atoms with E-state index in [-0.39, 0.29) is 72.9 Å². The summed E-state index contributed by atoms with van der Waals surface area (Å²) in [6, 6.07) is 5.40. The van der Waals surface area contributed by atoms with Crippen molar-refractivity contribution in [1.29, 1.82) is 5.26 Å². The van der Waals surface area contributed by atoms with E-state index in [4.69, 9.17) is 21.3 Å². The summed E-state index contributed by atoms with van der Waals surface area (Å²) in [6.07, 6.45) is 4.22. The molecule has 2 aromatic carbocycles. The summed E-state index contributed by atoms with van der Waals surface area (Å²) in [6.45, 7) is 2.14. The number of fused-ring (bicyclic) bond motifs is 4. The van der Waals surface area contributed by atoms with Crippen LogP contribution in [-0.2, 0) is 13.0 Å². The van der Waals surface area contributed by atoms with Crippen LogP contribution in [0.2, 0.25) is 5.02 Å². The normalized spacial score (nSPS) is 19.1. The largest absolute Gasteiger partial charge is 0.465 e. The van der Waals surface area contributed by atoms with Gasteiger partial charge in [0.25, 0.3) is 0 Å². The summed E-state index contributed by atoms with van der Waals surface area (Å²) in [4.78, 5) is 39.2. The average Bonchev–Trinajstić information content (AvgIpc) is 3.89. The Hall–Kier alpha value is -5.44. The number of nitrogens with zero attached hydrogens (tertiary/aromatic N) is 8. The number of hydrogen-bond donors (Lipinski definition) is 2. The number of carbonyl (C=O) groups is 2. The second-order valence-electron chi connectivity index (χ2n) is 14.2. The number of aryl methyl sites for hydroxylation is 1. The maximum Gasteiger partial charge on any atom is 0.409 e. The van der Waals surface area contributed by atoms with E-state index in [1.54, 1.807) is 20.3 Å². The van der Waals surface area contributed by atoms with Gasteiger partial charge in [0.05, 0.1) is 32.8 Å². The molecule has 0 aliphatic carbocycles. The third-order valence-corrected chi connectivity index (χ3v) is 11.9. The van der Waals surface area contributed by atoms with Crippen LogP contribution in [0.15, 0.2) is 36.3 Å². The van der Waals surface area contributed by atoms with Gasteiger partial charge in [-0.05, 0) is 61.9 Å². The Balaban J connectivity index is 1.28. The molecule has 1 atom stereocenters. The van der Waals surface area contributed by atoms with Gasteiger partial charge in [0.1, 0.15) is 34.8 Å². The van der Waals surface area contributed by atoms with Crippen molar-refractivity contribution >= 4 is 66.9 Å². The maximum atomic E-state index is 17.3. The average molecular weight is 792 g/mol. The highest BCUT2D eigenvalue weighted by Gasteiger charge is 2.47. The van der Waals surface area contributed by atoms with Crippen LogP contribution in [0.1, 0.15) is 42.5 Å². The van der Waals surface area contributed by atoms with E-state index in [1.807, 2.05) is 11.0 Å². The Kier molecular flexibility index (Phi) is 9.30. The predicted octanol–water partition coefficient (Wildman–Crippen LogP) is 7.55. The molecule has 284 valence electrons. The number of amides is 2. The fourth-order valence-electron chi connectivity index (χ4n) is 8.03. The van der Waals surface area contributed by atoms with Crippen LogP contribution in [0, 0.1) is 23.0 Å². The minimum absolute atomic E-state index is 0.00939. The van der Waals surface area contributed by atoms with Gasteiger partial charge in [-0.25, -0.2) is 22.8 Å². The number of nitriles is 1. The fraction of sp³-hybridized carbons (Fsp3) is 0.351. The zero-order chi connectivity index (χ0) is 38.8. The van der Waals surface area contributed by atoms with Gasteiger partial charge in [0.15, 0.2) is 5.82 Å². The zero-order valence-electron chi connectivity index (χ0n) is 29.6. The molecule has 2 amide bonds. The van der Waals surface area contributed by atoms with Gasteiger partial charge in [-0.3, -0.25) is 10.2 Å². The lowest BCUT2D eigenvalue weighted by Gasteiger charge is -2.31. The summed E-state index contributed by atoms with van der Waals surface area (Å²) in [7, 11) is 3.27. The van der Waals surface area contributed by atoms with Crippen molar-refractivity contribution in [3.05, 3.63) is 69.8 Å². The molecule has 1 unspecified atom stereocenters. The zero-order valence-corrected chi connectivity index (χ0v) is 31.2. The molecule has 0 radical (unpaired) electrons. The van der Waals surface area contributed by atoms with E-state index in [0.29, 0.717) is 61.4 Å². The van der Waals surface area contributed by atoms with Gasteiger partial charge in [0, 0.05) is 61.8 Å². The van der Waals surface area contributed by atoms with E-state index in [0.717, 1.165) is 36.7 Å². The molecule has 0 bridgehead atoms. The number of ether oxygens (including phenoxy) is 1. The Morgan fingerprint density at radius 3 is 2.78 bits per heavy atom. The molecule has 2 fully saturated rings. The van der Waals surface area contributed by atoms with Crippen molar-refractivity contribution < 1.29 is 32.6 Å². The van der Waals surface area contributed by atoms with Gasteiger partial charge in [-0.1, -0.05) is 17.7 Å². The molecule has 5 aromatic rings. The molecule has 3 aliphatic rings. The van der Waals surface area contributed by atoms with Crippen molar-refractivity contribution in [2.45, 2.75) is 44.2 Å². The van der Waals surface area contributed by atoms with Gasteiger partial charge >= 0.3 is 18.1 Å². The van der Waals surface area contributed by atoms with Crippen LogP contribution in [0.4, 0.5) is 33.6 Å². The highest BCUT2D eigenvalue weighted by Crippen LogP contribution is 2.47. The van der Waals surface area contributed by atoms with Crippen molar-refractivity contribution in [3.63, 3.8) is 0 Å². The van der Waals surface area contributed by atoms with Gasteiger partial charge in [-0.2, -0.15) is 25.0 Å². The number of aromatic nitrogens is 4. The van der Waals surface area contributed by atoms with Crippen molar-refractivity contribution in [3.8, 4) is 23.2 Å². The fourth-order valence-corrected chi connectivity index (χ4v) is 9.40. The summed E-state index contributed by atoms with van der Waals surface area (Å²) < 4.78 is 53.7. The summed E-state index contributed by atoms with van der Waals surface area (Å²) >= 11 is 7.62. The van der Waals surface area contributed by atoms with Crippen molar-refractivity contribution in [1.82, 2.24) is 29.5 Å². The number of hydrogen-bond acceptors (Lipinski definition) is 10. The third kappa shape index (κ3) is 6.27. The number of halogens is 4. The number of carboxylic acid groups (broad SMARTS) is 1. The molecule has 2 N–H and O–H groups in total. The SMILES string of the molecule is CN(C)C(=O)n1cc2c(n1)CCCN(c1nc(OCC34CCCN3C/C(=C\F)C4)nc3c(F)c(-c4ccc(F)c5sc(NC(=O)O)c(C#N)c45)c(Cl)cc13)C2. The highest BCUT2D eigenvalue weighted by molar-refractivity contribution is 7.23. The van der Waals surface area contributed by atoms with Gasteiger partial charge in [0.2, 0.25) is 0 Å². The molecule has 55 heavy (non-hydrogen) atoms. The second-order valence-corrected chi connectivity index (χ2v) is 15.6. The van der Waals surface area contributed by atoms with Crippen LogP contribution in [-0.4, -0.2) is 92.7 Å². The molecule has 0 saturated carbocycles. The molecule has 3 aromatic heterocycles. The van der Waals surface area contributed by atoms with Gasteiger partial charge in [-0.15, -0.1) is 11.3 Å². The molecule has 13 nitrogen and oxygen atoms in total. The van der Waals surface area contributed by atoms with E-state index < -0.39 is 23.3 Å². The summed E-state index contributed by atoms with van der Waals surface area (Å²) in [5, 5.41) is 26.2. The number of anilines is 2. The maximum absolute atomic E-state index is 17.3. The number of carbonyl (C=O) groups excluding carboxylic acids is 1. The molecular weight excluding hydrogens is 759 g/mol. The van der Waals surface area contributed by atoms with Crippen LogP contribution in [0.3, 0.4) is 0 Å². The monoisotopic (exact) mass is 791 g/mol. The smallest absolute Gasteiger partial charge is 0.409 e. The number of benzene rings is 2. The first-order valence-electron chi connectivity index (χ1n) is 17.5. The molecule has 8 rings (SSSR count). The lowest BCUT2D eigenvalue weighted by Crippen LogP contribution is -2.43. The van der Waals surface area contributed by atoms with Crippen LogP contribution < -0.4 is 15.0 Å². The Labute approximate surface area is 321 Å². The van der Waals surface area contributed by atoms with E-state index >= 15 is 8.78 Å². The summed E-state index contributed by atoms with van der Waals surface area (Å²) in [5.74, 6) is -1.31. The number of rotatable bonds is 6. The number of thiophene rings is 1. The minimum Gasteiger partial charge on any atom is -0.465 e. The Morgan fingerprint density at radius 2 is 2.04 bits per heavy atom. The second kappa shape index (κ2) is 14.0. The molecule has 6 heterocycles. The third-order valence-electron chi connectivity index (χ3n) is 10.5. The highest BCUT2D eigenvalue weighted by atomic mass is 35.5. The first-order valence-corrected chi connectivity index (χ1v) is 18.7. The molecule has 3 aliphatic heterocycles. The Bertz CT molecular complexity index is 2500. The Morgan fingerprint density at radius 1 is 1.22 bits per heavy atom. The molecule has 0 spiro atoms. The standard InChI is InChI=1S/C37H33ClF3N9O4S/c1-47(2)36(53)50-17-20-16-48(9-3-5-26(20)46-50)32-22-11-24(38)28(21-6-7-25(40)31-27(21)23(14-42)33(55-31)45-35(51)52)29(41)30(22)43-34(44-32)54-18-37-8-4-10-49(37)15-19(12-37)13-39/h6-7,11,13,17,45H,3-5,8-10,12,15-16,18H2,1-2H3,(H,51,52)/b19-13-. The van der Waals surface area contributed by atoms with Crippen LogP contribution in [0.25, 0.3) is 32.1 Å². The molecule has 18 heteroatoms. The van der Waals surface area contributed by atoms with Crippen LogP contribution in [0.5, 0.6) is 6.01 Å².